The van der Waals surface area contributed by atoms with Gasteiger partial charge in [0.1, 0.15) is 0 Å². The third-order valence-electron chi connectivity index (χ3n) is 2.24. The molecule has 0 aliphatic rings. The molecule has 0 unspecified atom stereocenters. The van der Waals surface area contributed by atoms with E-state index in [1.807, 2.05) is 0 Å². The molecule has 0 atom stereocenters. The number of halogens is 1. The minimum atomic E-state index is 1.17. The maximum Gasteiger partial charge on any atom is 0.00313 e. The van der Waals surface area contributed by atoms with E-state index in [9.17, 15) is 0 Å². The van der Waals surface area contributed by atoms with Gasteiger partial charge in [-0.25, -0.2) is 0 Å². The normalized spacial score (nSPS) is 11.2. The van der Waals surface area contributed by atoms with Crippen molar-refractivity contribution < 1.29 is 0 Å². The van der Waals surface area contributed by atoms with Gasteiger partial charge in [-0.2, -0.15) is 0 Å². The number of alkyl halides is 1. The van der Waals surface area contributed by atoms with Crippen LogP contribution in [0.15, 0.2) is 12.2 Å². The van der Waals surface area contributed by atoms with Crippen molar-refractivity contribution in [1.29, 1.82) is 0 Å². The van der Waals surface area contributed by atoms with E-state index in [0.29, 0.717) is 0 Å². The van der Waals surface area contributed by atoms with Crippen molar-refractivity contribution >= 4 is 15.9 Å². The Morgan fingerprint density at radius 2 is 1.38 bits per heavy atom. The van der Waals surface area contributed by atoms with E-state index in [2.05, 4.69) is 35.0 Å². The van der Waals surface area contributed by atoms with E-state index in [0.717, 1.165) is 0 Å². The molecule has 0 spiro atoms. The second kappa shape index (κ2) is 12.2. The molecule has 13 heavy (non-hydrogen) atoms. The van der Waals surface area contributed by atoms with Gasteiger partial charge in [-0.05, 0) is 26.2 Å². The largest absolute Gasteiger partial charge is 0.0928 e. The standard InChI is InChI=1S/C12H23Br/c1-2-3-4-5-6-7-8-9-10-11-12-13/h2-3H,4-12H2,1H3. The Morgan fingerprint density at radius 3 is 1.92 bits per heavy atom. The quantitative estimate of drug-likeness (QED) is 0.303. The molecule has 0 rings (SSSR count). The number of hydrogen-bond donors (Lipinski definition) is 0. The monoisotopic (exact) mass is 246 g/mol. The van der Waals surface area contributed by atoms with Gasteiger partial charge >= 0.3 is 0 Å². The van der Waals surface area contributed by atoms with Crippen molar-refractivity contribution in [2.45, 2.75) is 58.3 Å². The molecule has 78 valence electrons. The Balaban J connectivity index is 2.83. The predicted molar refractivity (Wildman–Crippen MR) is 65.5 cm³/mol. The first kappa shape index (κ1) is 13.2. The highest BCUT2D eigenvalue weighted by molar-refractivity contribution is 9.09. The van der Waals surface area contributed by atoms with Crippen LogP contribution in [-0.2, 0) is 0 Å². The van der Waals surface area contributed by atoms with Gasteiger partial charge < -0.3 is 0 Å². The maximum absolute atomic E-state index is 3.45. The zero-order valence-electron chi connectivity index (χ0n) is 8.90. The third kappa shape index (κ3) is 12.2. The lowest BCUT2D eigenvalue weighted by Crippen LogP contribution is -1.80. The predicted octanol–water partition coefficient (Wildman–Crippen LogP) is 5.08. The van der Waals surface area contributed by atoms with Crippen molar-refractivity contribution in [2.24, 2.45) is 0 Å². The van der Waals surface area contributed by atoms with Gasteiger partial charge in [0.05, 0.1) is 0 Å². The average molecular weight is 247 g/mol. The maximum atomic E-state index is 3.45. The minimum Gasteiger partial charge on any atom is -0.0928 e. The van der Waals surface area contributed by atoms with Gasteiger partial charge in [0, 0.05) is 5.33 Å². The van der Waals surface area contributed by atoms with Crippen LogP contribution in [0, 0.1) is 0 Å². The number of rotatable bonds is 9. The topological polar surface area (TPSA) is 0 Å². The molecule has 0 aliphatic carbocycles. The number of hydrogen-bond acceptors (Lipinski definition) is 0. The molecule has 0 bridgehead atoms. The fourth-order valence-electron chi connectivity index (χ4n) is 1.41. The van der Waals surface area contributed by atoms with Crippen molar-refractivity contribution in [2.75, 3.05) is 5.33 Å². The van der Waals surface area contributed by atoms with Crippen LogP contribution >= 0.6 is 15.9 Å². The second-order valence-electron chi connectivity index (χ2n) is 3.52. The van der Waals surface area contributed by atoms with E-state index >= 15 is 0 Å². The highest BCUT2D eigenvalue weighted by atomic mass is 79.9. The van der Waals surface area contributed by atoms with Crippen molar-refractivity contribution in [3.05, 3.63) is 12.2 Å². The molecule has 0 aromatic heterocycles. The molecule has 0 saturated carbocycles. The summed E-state index contributed by atoms with van der Waals surface area (Å²) < 4.78 is 0. The summed E-state index contributed by atoms with van der Waals surface area (Å²) in [5, 5.41) is 1.17. The molecule has 1 heteroatoms. The Labute approximate surface area is 91.9 Å². The van der Waals surface area contributed by atoms with Crippen LogP contribution in [-0.4, -0.2) is 5.33 Å². The molecule has 0 N–H and O–H groups in total. The molecule has 0 fully saturated rings. The van der Waals surface area contributed by atoms with E-state index in [1.165, 1.54) is 56.7 Å². The van der Waals surface area contributed by atoms with Crippen LogP contribution in [0.3, 0.4) is 0 Å². The van der Waals surface area contributed by atoms with Gasteiger partial charge in [0.25, 0.3) is 0 Å². The van der Waals surface area contributed by atoms with Gasteiger partial charge in [0.15, 0.2) is 0 Å². The fraction of sp³-hybridized carbons (Fsp3) is 0.833. The van der Waals surface area contributed by atoms with Crippen LogP contribution in [0.25, 0.3) is 0 Å². The van der Waals surface area contributed by atoms with Crippen molar-refractivity contribution in [1.82, 2.24) is 0 Å². The SMILES string of the molecule is CC=CCCCCCCCCCBr. The molecule has 0 saturated heterocycles. The molecule has 0 heterocycles. The summed E-state index contributed by atoms with van der Waals surface area (Å²) in [6.07, 6.45) is 15.5. The summed E-state index contributed by atoms with van der Waals surface area (Å²) in [5.41, 5.74) is 0. The molecule has 0 aromatic rings. The summed E-state index contributed by atoms with van der Waals surface area (Å²) >= 11 is 3.45. The summed E-state index contributed by atoms with van der Waals surface area (Å²) in [7, 11) is 0. The van der Waals surface area contributed by atoms with Crippen LogP contribution < -0.4 is 0 Å². The molecule has 0 radical (unpaired) electrons. The van der Waals surface area contributed by atoms with Crippen LogP contribution in [0.5, 0.6) is 0 Å². The summed E-state index contributed by atoms with van der Waals surface area (Å²) in [6.45, 7) is 2.10. The fourth-order valence-corrected chi connectivity index (χ4v) is 1.80. The Kier molecular flexibility index (Phi) is 12.4. The smallest absolute Gasteiger partial charge is 0.00313 e. The first-order valence-electron chi connectivity index (χ1n) is 5.59. The van der Waals surface area contributed by atoms with Gasteiger partial charge in [-0.3, -0.25) is 0 Å². The van der Waals surface area contributed by atoms with E-state index in [1.54, 1.807) is 0 Å². The van der Waals surface area contributed by atoms with E-state index < -0.39 is 0 Å². The van der Waals surface area contributed by atoms with Crippen LogP contribution in [0.1, 0.15) is 58.3 Å². The number of allylic oxidation sites excluding steroid dienone is 2. The molecular weight excluding hydrogens is 224 g/mol. The van der Waals surface area contributed by atoms with E-state index in [-0.39, 0.29) is 0 Å². The summed E-state index contributed by atoms with van der Waals surface area (Å²) in [4.78, 5) is 0. The van der Waals surface area contributed by atoms with Crippen molar-refractivity contribution in [3.8, 4) is 0 Å². The van der Waals surface area contributed by atoms with Gasteiger partial charge in [0.2, 0.25) is 0 Å². The van der Waals surface area contributed by atoms with E-state index in [4.69, 9.17) is 0 Å². The molecule has 0 aliphatic heterocycles. The number of unbranched alkanes of at least 4 members (excludes halogenated alkanes) is 7. The van der Waals surface area contributed by atoms with Gasteiger partial charge in [-0.1, -0.05) is 60.2 Å². The zero-order chi connectivity index (χ0) is 9.78. The highest BCUT2D eigenvalue weighted by Gasteiger charge is 1.89. The Morgan fingerprint density at radius 1 is 0.846 bits per heavy atom. The van der Waals surface area contributed by atoms with Gasteiger partial charge in [-0.15, -0.1) is 0 Å². The first-order chi connectivity index (χ1) is 6.41. The lowest BCUT2D eigenvalue weighted by atomic mass is 10.1. The van der Waals surface area contributed by atoms with Crippen LogP contribution in [0.2, 0.25) is 0 Å². The lowest BCUT2D eigenvalue weighted by Gasteiger charge is -1.99. The Bertz CT molecular complexity index is 108. The average Bonchev–Trinajstić information content (AvgIpc) is 2.16. The third-order valence-corrected chi connectivity index (χ3v) is 2.80. The second-order valence-corrected chi connectivity index (χ2v) is 4.31. The minimum absolute atomic E-state index is 1.17. The van der Waals surface area contributed by atoms with Crippen molar-refractivity contribution in [3.63, 3.8) is 0 Å². The Hall–Kier alpha value is 0.220. The molecule has 0 nitrogen and oxygen atoms in total. The highest BCUT2D eigenvalue weighted by Crippen LogP contribution is 2.09. The first-order valence-corrected chi connectivity index (χ1v) is 6.71. The summed E-state index contributed by atoms with van der Waals surface area (Å²) in [6, 6.07) is 0. The molecule has 0 aromatic carbocycles. The molecular formula is C12H23Br. The lowest BCUT2D eigenvalue weighted by molar-refractivity contribution is 0.594. The molecule has 0 amide bonds. The zero-order valence-corrected chi connectivity index (χ0v) is 10.5. The van der Waals surface area contributed by atoms with Crippen LogP contribution in [0.4, 0.5) is 0 Å². The summed E-state index contributed by atoms with van der Waals surface area (Å²) in [5.74, 6) is 0.